The number of aliphatic imine (C=N–C) groups is 1. The van der Waals surface area contributed by atoms with Crippen molar-refractivity contribution in [3.05, 3.63) is 23.9 Å². The van der Waals surface area contributed by atoms with Crippen molar-refractivity contribution in [2.45, 2.75) is 44.9 Å². The highest BCUT2D eigenvalue weighted by Gasteiger charge is 2.34. The van der Waals surface area contributed by atoms with Crippen LogP contribution in [0.1, 0.15) is 31.7 Å². The van der Waals surface area contributed by atoms with Crippen LogP contribution in [-0.2, 0) is 6.54 Å². The minimum Gasteiger partial charge on any atom is -0.477 e. The van der Waals surface area contributed by atoms with E-state index in [-0.39, 0.29) is 6.04 Å². The number of pyridine rings is 1. The standard InChI is InChI=1S/C19H28F3N5O/c1-2-23-18(26-16-6-8-27(11-16)13-19(20,21)22)25-10-15-5-7-24-17(9-15)28-12-14-3-4-14/h5,7,9,14,16H,2-4,6,8,10-13H2,1H3,(H2,23,25,26). The number of rotatable bonds is 8. The van der Waals surface area contributed by atoms with Crippen LogP contribution in [0, 0.1) is 5.92 Å². The van der Waals surface area contributed by atoms with E-state index in [1.54, 1.807) is 6.20 Å². The van der Waals surface area contributed by atoms with Gasteiger partial charge in [-0.3, -0.25) is 4.90 Å². The summed E-state index contributed by atoms with van der Waals surface area (Å²) in [6.07, 6.45) is 0.662. The third-order valence-corrected chi connectivity index (χ3v) is 4.74. The van der Waals surface area contributed by atoms with Crippen molar-refractivity contribution in [3.63, 3.8) is 0 Å². The van der Waals surface area contributed by atoms with Crippen LogP contribution >= 0.6 is 0 Å². The Morgan fingerprint density at radius 3 is 2.89 bits per heavy atom. The lowest BCUT2D eigenvalue weighted by Gasteiger charge is -2.19. The summed E-state index contributed by atoms with van der Waals surface area (Å²) in [5.74, 6) is 1.88. The van der Waals surface area contributed by atoms with Crippen LogP contribution in [0.3, 0.4) is 0 Å². The second-order valence-corrected chi connectivity index (χ2v) is 7.43. The number of guanidine groups is 1. The number of nitrogens with zero attached hydrogens (tertiary/aromatic N) is 3. The maximum absolute atomic E-state index is 12.5. The molecule has 28 heavy (non-hydrogen) atoms. The molecule has 2 aliphatic rings. The molecular formula is C19H28F3N5O. The van der Waals surface area contributed by atoms with Gasteiger partial charge in [0.05, 0.1) is 19.7 Å². The number of likely N-dealkylation sites (tertiary alicyclic amines) is 1. The van der Waals surface area contributed by atoms with Crippen molar-refractivity contribution in [1.82, 2.24) is 20.5 Å². The van der Waals surface area contributed by atoms with Crippen molar-refractivity contribution in [2.75, 3.05) is 32.8 Å². The summed E-state index contributed by atoms with van der Waals surface area (Å²) in [4.78, 5) is 10.2. The summed E-state index contributed by atoms with van der Waals surface area (Å²) < 4.78 is 43.3. The molecule has 0 amide bonds. The Hall–Kier alpha value is -2.03. The first-order valence-electron chi connectivity index (χ1n) is 9.83. The number of ether oxygens (including phenoxy) is 1. The fourth-order valence-electron chi connectivity index (χ4n) is 3.15. The van der Waals surface area contributed by atoms with Crippen LogP contribution in [0.5, 0.6) is 5.88 Å². The fourth-order valence-corrected chi connectivity index (χ4v) is 3.15. The van der Waals surface area contributed by atoms with Crippen LogP contribution in [-0.4, -0.2) is 60.8 Å². The number of nitrogens with one attached hydrogen (secondary N) is 2. The zero-order chi connectivity index (χ0) is 20.0. The van der Waals surface area contributed by atoms with Crippen molar-refractivity contribution >= 4 is 5.96 Å². The molecule has 1 unspecified atom stereocenters. The summed E-state index contributed by atoms with van der Waals surface area (Å²) in [5.41, 5.74) is 0.975. The topological polar surface area (TPSA) is 61.8 Å². The zero-order valence-corrected chi connectivity index (χ0v) is 16.1. The Kier molecular flexibility index (Phi) is 6.98. The molecule has 1 aliphatic heterocycles. The van der Waals surface area contributed by atoms with Gasteiger partial charge in [0, 0.05) is 37.9 Å². The van der Waals surface area contributed by atoms with Crippen molar-refractivity contribution < 1.29 is 17.9 Å². The lowest BCUT2D eigenvalue weighted by molar-refractivity contribution is -0.143. The van der Waals surface area contributed by atoms with Crippen molar-refractivity contribution in [3.8, 4) is 5.88 Å². The number of hydrogen-bond donors (Lipinski definition) is 2. The van der Waals surface area contributed by atoms with Crippen molar-refractivity contribution in [2.24, 2.45) is 10.9 Å². The first-order valence-corrected chi connectivity index (χ1v) is 9.83. The van der Waals surface area contributed by atoms with Gasteiger partial charge < -0.3 is 15.4 Å². The predicted molar refractivity (Wildman–Crippen MR) is 101 cm³/mol. The quantitative estimate of drug-likeness (QED) is 0.520. The van der Waals surface area contributed by atoms with E-state index in [2.05, 4.69) is 20.6 Å². The van der Waals surface area contributed by atoms with E-state index >= 15 is 0 Å². The van der Waals surface area contributed by atoms with Crippen LogP contribution in [0.25, 0.3) is 0 Å². The van der Waals surface area contributed by atoms with Gasteiger partial charge in [-0.05, 0) is 43.7 Å². The van der Waals surface area contributed by atoms with Gasteiger partial charge in [0.15, 0.2) is 5.96 Å². The monoisotopic (exact) mass is 399 g/mol. The van der Waals surface area contributed by atoms with E-state index in [4.69, 9.17) is 4.74 Å². The van der Waals surface area contributed by atoms with Crippen LogP contribution < -0.4 is 15.4 Å². The fraction of sp³-hybridized carbons (Fsp3) is 0.684. The maximum atomic E-state index is 12.5. The summed E-state index contributed by atoms with van der Waals surface area (Å²) in [6, 6.07) is 3.73. The Balaban J connectivity index is 1.52. The first-order chi connectivity index (χ1) is 13.4. The third-order valence-electron chi connectivity index (χ3n) is 4.74. The van der Waals surface area contributed by atoms with Crippen molar-refractivity contribution in [1.29, 1.82) is 0 Å². The normalized spacial score (nSPS) is 21.0. The van der Waals surface area contributed by atoms with E-state index in [1.807, 2.05) is 19.1 Å². The molecular weight excluding hydrogens is 371 g/mol. The summed E-state index contributed by atoms with van der Waals surface area (Å²) in [6.45, 7) is 3.71. The number of alkyl halides is 3. The average Bonchev–Trinajstić information content (AvgIpc) is 3.37. The second kappa shape index (κ2) is 9.45. The minimum absolute atomic E-state index is 0.0463. The molecule has 0 bridgehead atoms. The van der Waals surface area contributed by atoms with E-state index in [9.17, 15) is 13.2 Å². The van der Waals surface area contributed by atoms with Gasteiger partial charge in [0.1, 0.15) is 0 Å². The molecule has 1 atom stereocenters. The minimum atomic E-state index is -4.16. The zero-order valence-electron chi connectivity index (χ0n) is 16.1. The number of halogens is 3. The summed E-state index contributed by atoms with van der Waals surface area (Å²) >= 11 is 0. The molecule has 2 heterocycles. The first kappa shape index (κ1) is 20.7. The summed E-state index contributed by atoms with van der Waals surface area (Å²) in [5, 5.41) is 6.41. The van der Waals surface area contributed by atoms with Gasteiger partial charge in [0.2, 0.25) is 5.88 Å². The van der Waals surface area contributed by atoms with Gasteiger partial charge in [-0.2, -0.15) is 13.2 Å². The maximum Gasteiger partial charge on any atom is 0.401 e. The van der Waals surface area contributed by atoms with Gasteiger partial charge in [0.25, 0.3) is 0 Å². The highest BCUT2D eigenvalue weighted by molar-refractivity contribution is 5.80. The Bertz CT molecular complexity index is 663. The van der Waals surface area contributed by atoms with Gasteiger partial charge >= 0.3 is 6.18 Å². The Morgan fingerprint density at radius 1 is 1.36 bits per heavy atom. The molecule has 0 spiro atoms. The predicted octanol–water partition coefficient (Wildman–Crippen LogP) is 2.56. The molecule has 3 rings (SSSR count). The largest absolute Gasteiger partial charge is 0.477 e. The molecule has 1 saturated heterocycles. The van der Waals surface area contributed by atoms with E-state index in [0.717, 1.165) is 5.56 Å². The molecule has 0 aromatic carbocycles. The van der Waals surface area contributed by atoms with E-state index in [0.29, 0.717) is 57.0 Å². The van der Waals surface area contributed by atoms with Gasteiger partial charge in [-0.25, -0.2) is 9.98 Å². The molecule has 1 aromatic rings. The second-order valence-electron chi connectivity index (χ2n) is 7.43. The SMILES string of the molecule is CCNC(=NCc1ccnc(OCC2CC2)c1)NC1CCN(CC(F)(F)F)C1. The molecule has 2 N–H and O–H groups in total. The Morgan fingerprint density at radius 2 is 2.18 bits per heavy atom. The highest BCUT2D eigenvalue weighted by Crippen LogP contribution is 2.29. The molecule has 1 aromatic heterocycles. The third kappa shape index (κ3) is 7.18. The van der Waals surface area contributed by atoms with Gasteiger partial charge in [-0.15, -0.1) is 0 Å². The average molecular weight is 399 g/mol. The number of hydrogen-bond acceptors (Lipinski definition) is 4. The van der Waals surface area contributed by atoms with E-state index in [1.165, 1.54) is 17.7 Å². The lowest BCUT2D eigenvalue weighted by atomic mass is 10.2. The highest BCUT2D eigenvalue weighted by atomic mass is 19.4. The van der Waals surface area contributed by atoms with Crippen LogP contribution in [0.2, 0.25) is 0 Å². The Labute approximate surface area is 163 Å². The van der Waals surface area contributed by atoms with Gasteiger partial charge in [-0.1, -0.05) is 0 Å². The van der Waals surface area contributed by atoms with Crippen LogP contribution in [0.4, 0.5) is 13.2 Å². The molecule has 0 radical (unpaired) electrons. The molecule has 2 fully saturated rings. The molecule has 1 aliphatic carbocycles. The molecule has 6 nitrogen and oxygen atoms in total. The molecule has 1 saturated carbocycles. The van der Waals surface area contributed by atoms with Crippen LogP contribution in [0.15, 0.2) is 23.3 Å². The lowest BCUT2D eigenvalue weighted by Crippen LogP contribution is -2.45. The van der Waals surface area contributed by atoms with E-state index < -0.39 is 12.7 Å². The smallest absolute Gasteiger partial charge is 0.401 e. The molecule has 156 valence electrons. The molecule has 9 heteroatoms. The number of aromatic nitrogens is 1. The summed E-state index contributed by atoms with van der Waals surface area (Å²) in [7, 11) is 0.